The van der Waals surface area contributed by atoms with Gasteiger partial charge in [0.15, 0.2) is 0 Å². The lowest BCUT2D eigenvalue weighted by Gasteiger charge is -2.14. The van der Waals surface area contributed by atoms with E-state index in [1.54, 1.807) is 0 Å². The molecule has 0 bridgehead atoms. The van der Waals surface area contributed by atoms with Crippen molar-refractivity contribution >= 4 is 0 Å². The zero-order valence-electron chi connectivity index (χ0n) is 6.88. The zero-order chi connectivity index (χ0) is 8.10. The Balaban J connectivity index is 2.24. The van der Waals surface area contributed by atoms with Gasteiger partial charge in [0.25, 0.3) is 0 Å². The molecular weight excluding hydrogens is 136 g/mol. The van der Waals surface area contributed by atoms with Crippen LogP contribution in [0, 0.1) is 11.3 Å². The third kappa shape index (κ3) is 2.36. The summed E-state index contributed by atoms with van der Waals surface area (Å²) in [7, 11) is 0. The molecule has 1 aliphatic carbocycles. The molecule has 0 aliphatic heterocycles. The van der Waals surface area contributed by atoms with E-state index in [4.69, 9.17) is 5.26 Å². The van der Waals surface area contributed by atoms with Gasteiger partial charge in [0.1, 0.15) is 0 Å². The molecule has 0 saturated carbocycles. The van der Waals surface area contributed by atoms with Gasteiger partial charge in [0.2, 0.25) is 0 Å². The highest BCUT2D eigenvalue weighted by Crippen LogP contribution is 2.10. The molecule has 0 aromatic carbocycles. The molecule has 0 spiro atoms. The lowest BCUT2D eigenvalue weighted by atomic mass is 10.2. The van der Waals surface area contributed by atoms with Gasteiger partial charge in [0.05, 0.1) is 12.1 Å². The highest BCUT2D eigenvalue weighted by molar-refractivity contribution is 5.01. The summed E-state index contributed by atoms with van der Waals surface area (Å²) in [6.07, 6.45) is 7.40. The first-order chi connectivity index (χ1) is 5.36. The van der Waals surface area contributed by atoms with Gasteiger partial charge in [-0.1, -0.05) is 19.1 Å². The summed E-state index contributed by atoms with van der Waals surface area (Å²) in [6, 6.07) is 2.79. The van der Waals surface area contributed by atoms with Crippen LogP contribution in [0.2, 0.25) is 0 Å². The highest BCUT2D eigenvalue weighted by Gasteiger charge is 2.13. The Kier molecular flexibility index (Phi) is 3.13. The van der Waals surface area contributed by atoms with Gasteiger partial charge >= 0.3 is 0 Å². The Hall–Kier alpha value is -0.810. The van der Waals surface area contributed by atoms with Crippen LogP contribution in [0.3, 0.4) is 0 Å². The molecule has 1 unspecified atom stereocenters. The Bertz CT molecular complexity index is 170. The molecule has 11 heavy (non-hydrogen) atoms. The minimum Gasteiger partial charge on any atom is -0.299 e. The van der Waals surface area contributed by atoms with Crippen LogP contribution in [0.4, 0.5) is 0 Å². The van der Waals surface area contributed by atoms with E-state index in [9.17, 15) is 0 Å². The molecule has 0 saturated heterocycles. The number of hydrogen-bond acceptors (Lipinski definition) is 2. The second-order valence-electron chi connectivity index (χ2n) is 2.90. The van der Waals surface area contributed by atoms with Crippen LogP contribution in [-0.2, 0) is 0 Å². The molecule has 0 amide bonds. The van der Waals surface area contributed by atoms with Crippen molar-refractivity contribution in [2.75, 3.05) is 0 Å². The highest BCUT2D eigenvalue weighted by atomic mass is 14.9. The number of rotatable bonds is 3. The minimum absolute atomic E-state index is 0.0416. The summed E-state index contributed by atoms with van der Waals surface area (Å²) >= 11 is 0. The van der Waals surface area contributed by atoms with Crippen molar-refractivity contribution in [2.45, 2.75) is 38.3 Å². The van der Waals surface area contributed by atoms with E-state index >= 15 is 0 Å². The SMILES string of the molecule is CCC(C#N)NC1CC=CC1. The van der Waals surface area contributed by atoms with Gasteiger partial charge in [-0.2, -0.15) is 5.26 Å². The summed E-state index contributed by atoms with van der Waals surface area (Å²) < 4.78 is 0. The van der Waals surface area contributed by atoms with E-state index in [-0.39, 0.29) is 6.04 Å². The lowest BCUT2D eigenvalue weighted by Crippen LogP contribution is -2.35. The molecule has 1 rings (SSSR count). The van der Waals surface area contributed by atoms with Crippen LogP contribution >= 0.6 is 0 Å². The molecule has 0 fully saturated rings. The normalized spacial score (nSPS) is 20.0. The number of nitriles is 1. The molecule has 1 N–H and O–H groups in total. The van der Waals surface area contributed by atoms with Crippen LogP contribution in [0.5, 0.6) is 0 Å². The van der Waals surface area contributed by atoms with E-state index in [0.717, 1.165) is 19.3 Å². The van der Waals surface area contributed by atoms with Gasteiger partial charge in [-0.3, -0.25) is 5.32 Å². The van der Waals surface area contributed by atoms with Crippen molar-refractivity contribution in [3.8, 4) is 6.07 Å². The van der Waals surface area contributed by atoms with Crippen molar-refractivity contribution < 1.29 is 0 Å². The predicted octanol–water partition coefficient (Wildman–Crippen LogP) is 1.60. The average Bonchev–Trinajstić information content (AvgIpc) is 2.52. The predicted molar refractivity (Wildman–Crippen MR) is 45.0 cm³/mol. The second-order valence-corrected chi connectivity index (χ2v) is 2.90. The van der Waals surface area contributed by atoms with E-state index in [1.165, 1.54) is 0 Å². The van der Waals surface area contributed by atoms with Crippen molar-refractivity contribution in [3.05, 3.63) is 12.2 Å². The Morgan fingerprint density at radius 3 is 2.73 bits per heavy atom. The van der Waals surface area contributed by atoms with Crippen LogP contribution < -0.4 is 5.32 Å². The molecule has 1 atom stereocenters. The van der Waals surface area contributed by atoms with Gasteiger partial charge in [-0.05, 0) is 19.3 Å². The van der Waals surface area contributed by atoms with Crippen LogP contribution in [0.1, 0.15) is 26.2 Å². The zero-order valence-corrected chi connectivity index (χ0v) is 6.88. The fourth-order valence-corrected chi connectivity index (χ4v) is 1.28. The molecule has 0 radical (unpaired) electrons. The van der Waals surface area contributed by atoms with Crippen LogP contribution in [0.25, 0.3) is 0 Å². The van der Waals surface area contributed by atoms with E-state index < -0.39 is 0 Å². The van der Waals surface area contributed by atoms with Gasteiger partial charge in [-0.15, -0.1) is 0 Å². The van der Waals surface area contributed by atoms with Gasteiger partial charge < -0.3 is 0 Å². The summed E-state index contributed by atoms with van der Waals surface area (Å²) in [6.45, 7) is 2.03. The topological polar surface area (TPSA) is 35.8 Å². The monoisotopic (exact) mass is 150 g/mol. The maximum absolute atomic E-state index is 8.65. The quantitative estimate of drug-likeness (QED) is 0.620. The fourth-order valence-electron chi connectivity index (χ4n) is 1.28. The lowest BCUT2D eigenvalue weighted by molar-refractivity contribution is 0.484. The standard InChI is InChI=1S/C9H14N2/c1-2-8(7-10)11-9-5-3-4-6-9/h3-4,8-9,11H,2,5-6H2,1H3. The van der Waals surface area contributed by atoms with Gasteiger partial charge in [-0.25, -0.2) is 0 Å². The molecule has 0 aromatic heterocycles. The van der Waals surface area contributed by atoms with E-state index in [1.807, 2.05) is 6.92 Å². The number of nitrogens with zero attached hydrogens (tertiary/aromatic N) is 1. The second kappa shape index (κ2) is 4.15. The van der Waals surface area contributed by atoms with Crippen LogP contribution in [-0.4, -0.2) is 12.1 Å². The first-order valence-corrected chi connectivity index (χ1v) is 4.17. The Morgan fingerprint density at radius 2 is 2.27 bits per heavy atom. The first kappa shape index (κ1) is 8.29. The fraction of sp³-hybridized carbons (Fsp3) is 0.667. The summed E-state index contributed by atoms with van der Waals surface area (Å²) in [5.74, 6) is 0. The smallest absolute Gasteiger partial charge is 0.0952 e. The Labute approximate surface area is 67.9 Å². The average molecular weight is 150 g/mol. The molecule has 2 nitrogen and oxygen atoms in total. The molecule has 2 heteroatoms. The summed E-state index contributed by atoms with van der Waals surface area (Å²) in [5, 5.41) is 11.9. The first-order valence-electron chi connectivity index (χ1n) is 4.17. The van der Waals surface area contributed by atoms with Gasteiger partial charge in [0, 0.05) is 6.04 Å². The Morgan fingerprint density at radius 1 is 1.64 bits per heavy atom. The third-order valence-electron chi connectivity index (χ3n) is 2.01. The summed E-state index contributed by atoms with van der Waals surface area (Å²) in [5.41, 5.74) is 0. The van der Waals surface area contributed by atoms with Crippen molar-refractivity contribution in [2.24, 2.45) is 0 Å². The van der Waals surface area contributed by atoms with E-state index in [0.29, 0.717) is 6.04 Å². The van der Waals surface area contributed by atoms with Crippen molar-refractivity contribution in [3.63, 3.8) is 0 Å². The van der Waals surface area contributed by atoms with Crippen molar-refractivity contribution in [1.29, 1.82) is 5.26 Å². The maximum atomic E-state index is 8.65. The number of nitrogens with one attached hydrogen (secondary N) is 1. The molecular formula is C9H14N2. The van der Waals surface area contributed by atoms with E-state index in [2.05, 4.69) is 23.5 Å². The molecule has 60 valence electrons. The molecule has 1 aliphatic rings. The maximum Gasteiger partial charge on any atom is 0.0952 e. The molecule has 0 aromatic rings. The minimum atomic E-state index is 0.0416. The molecule has 0 heterocycles. The van der Waals surface area contributed by atoms with Crippen LogP contribution in [0.15, 0.2) is 12.2 Å². The van der Waals surface area contributed by atoms with Crippen molar-refractivity contribution in [1.82, 2.24) is 5.32 Å². The largest absolute Gasteiger partial charge is 0.299 e. The summed E-state index contributed by atoms with van der Waals surface area (Å²) in [4.78, 5) is 0. The number of hydrogen-bond donors (Lipinski definition) is 1. The third-order valence-corrected chi connectivity index (χ3v) is 2.01.